The first-order chi connectivity index (χ1) is 24.1. The Balaban J connectivity index is 1.29. The van der Waals surface area contributed by atoms with Gasteiger partial charge in [0.1, 0.15) is 0 Å². The second kappa shape index (κ2) is 10.7. The van der Waals surface area contributed by atoms with E-state index in [0.717, 1.165) is 5.69 Å². The number of thiophene rings is 1. The zero-order valence-corrected chi connectivity index (χ0v) is 28.3. The highest BCUT2D eigenvalue weighted by Gasteiger charge is 2.38. The molecular weight excluding hydrogens is 611 g/mol. The number of rotatable bonds is 4. The van der Waals surface area contributed by atoms with Crippen molar-refractivity contribution in [1.82, 2.24) is 0 Å². The molecule has 0 saturated carbocycles. The predicted octanol–water partition coefficient (Wildman–Crippen LogP) is 13.8. The van der Waals surface area contributed by atoms with Gasteiger partial charge in [-0.1, -0.05) is 147 Å². The summed E-state index contributed by atoms with van der Waals surface area (Å²) in [6, 6.07) is 60.6. The first-order valence-electron chi connectivity index (χ1n) is 17.0. The van der Waals surface area contributed by atoms with Crippen molar-refractivity contribution in [3.63, 3.8) is 0 Å². The Labute approximate surface area is 290 Å². The summed E-state index contributed by atoms with van der Waals surface area (Å²) in [6.07, 6.45) is 0. The van der Waals surface area contributed by atoms with Crippen molar-refractivity contribution in [3.8, 4) is 22.3 Å². The zero-order valence-electron chi connectivity index (χ0n) is 27.4. The minimum Gasteiger partial charge on any atom is -0.308 e. The van der Waals surface area contributed by atoms with Gasteiger partial charge in [0.05, 0.1) is 16.1 Å². The molecular formula is C47H33NS. The van der Waals surface area contributed by atoms with Gasteiger partial charge in [-0.15, -0.1) is 11.3 Å². The van der Waals surface area contributed by atoms with Crippen molar-refractivity contribution in [3.05, 3.63) is 175 Å². The van der Waals surface area contributed by atoms with E-state index in [-0.39, 0.29) is 5.41 Å². The second-order valence-corrected chi connectivity index (χ2v) is 14.8. The van der Waals surface area contributed by atoms with Gasteiger partial charge < -0.3 is 4.90 Å². The summed E-state index contributed by atoms with van der Waals surface area (Å²) in [5.41, 5.74) is 11.4. The number of fused-ring (bicyclic) bond motifs is 8. The highest BCUT2D eigenvalue weighted by molar-refractivity contribution is 7.26. The van der Waals surface area contributed by atoms with E-state index in [9.17, 15) is 0 Å². The molecule has 8 aromatic carbocycles. The van der Waals surface area contributed by atoms with Crippen LogP contribution < -0.4 is 4.90 Å². The maximum atomic E-state index is 2.56. The van der Waals surface area contributed by atoms with Crippen LogP contribution in [-0.2, 0) is 5.41 Å². The second-order valence-electron chi connectivity index (χ2n) is 13.7. The standard InChI is InChI=1S/C47H33NS/c1-47(2)40-21-9-7-19-38(40)44-41(47)22-12-23-42(44)48(33-27-25-31(26-28-33)35-20-11-15-30-13-3-5-16-34(30)35)45-36-17-6-4-14-32(36)29-39-37-18-8-10-24-43(37)49-46(39)45/h3-29H,1-2H3. The van der Waals surface area contributed by atoms with Crippen LogP contribution in [-0.4, -0.2) is 0 Å². The highest BCUT2D eigenvalue weighted by atomic mass is 32.1. The minimum atomic E-state index is -0.0997. The topological polar surface area (TPSA) is 3.24 Å². The summed E-state index contributed by atoms with van der Waals surface area (Å²) in [4.78, 5) is 2.56. The molecule has 1 heterocycles. The Morgan fingerprint density at radius 1 is 0.490 bits per heavy atom. The Hall–Kier alpha value is -5.70. The lowest BCUT2D eigenvalue weighted by molar-refractivity contribution is 0.660. The number of anilines is 3. The fourth-order valence-corrected chi connectivity index (χ4v) is 9.53. The number of hydrogen-bond donors (Lipinski definition) is 0. The van der Waals surface area contributed by atoms with Crippen LogP contribution in [0, 0.1) is 0 Å². The van der Waals surface area contributed by atoms with Crippen LogP contribution in [0.1, 0.15) is 25.0 Å². The molecule has 0 spiro atoms. The van der Waals surface area contributed by atoms with Crippen LogP contribution >= 0.6 is 11.3 Å². The van der Waals surface area contributed by atoms with Gasteiger partial charge in [0.2, 0.25) is 0 Å². The van der Waals surface area contributed by atoms with E-state index < -0.39 is 0 Å². The van der Waals surface area contributed by atoms with E-state index >= 15 is 0 Å². The van der Waals surface area contributed by atoms with Crippen molar-refractivity contribution in [2.45, 2.75) is 19.3 Å². The van der Waals surface area contributed by atoms with Crippen LogP contribution in [0.3, 0.4) is 0 Å². The summed E-state index contributed by atoms with van der Waals surface area (Å²) in [7, 11) is 0. The molecule has 1 aliphatic carbocycles. The molecule has 0 saturated heterocycles. The molecule has 0 amide bonds. The Kier molecular flexibility index (Phi) is 6.16. The number of hydrogen-bond acceptors (Lipinski definition) is 2. The molecule has 0 bridgehead atoms. The molecule has 0 N–H and O–H groups in total. The number of benzene rings is 8. The third kappa shape index (κ3) is 4.17. The minimum absolute atomic E-state index is 0.0997. The molecule has 9 aromatic rings. The molecule has 0 aliphatic heterocycles. The Bertz CT molecular complexity index is 2740. The van der Waals surface area contributed by atoms with Gasteiger partial charge in [0, 0.05) is 37.5 Å². The molecule has 0 fully saturated rings. The summed E-state index contributed by atoms with van der Waals surface area (Å²) in [5.74, 6) is 0. The van der Waals surface area contributed by atoms with Gasteiger partial charge in [0.25, 0.3) is 0 Å². The summed E-state index contributed by atoms with van der Waals surface area (Å²) in [6.45, 7) is 4.74. The SMILES string of the molecule is CC1(C)c2ccccc2-c2c(N(c3ccc(-c4cccc5ccccc45)cc3)c3c4ccccc4cc4c3sc3ccccc34)cccc21. The molecule has 0 atom stereocenters. The van der Waals surface area contributed by atoms with Gasteiger partial charge >= 0.3 is 0 Å². The Morgan fingerprint density at radius 3 is 1.98 bits per heavy atom. The van der Waals surface area contributed by atoms with Gasteiger partial charge in [-0.3, -0.25) is 0 Å². The third-order valence-electron chi connectivity index (χ3n) is 10.6. The first-order valence-corrected chi connectivity index (χ1v) is 17.8. The zero-order chi connectivity index (χ0) is 32.7. The lowest BCUT2D eigenvalue weighted by Gasteiger charge is -2.30. The molecule has 232 valence electrons. The van der Waals surface area contributed by atoms with E-state index in [4.69, 9.17) is 0 Å². The average molecular weight is 644 g/mol. The molecule has 0 radical (unpaired) electrons. The van der Waals surface area contributed by atoms with Gasteiger partial charge in [0.15, 0.2) is 0 Å². The molecule has 10 rings (SSSR count). The Morgan fingerprint density at radius 2 is 1.12 bits per heavy atom. The van der Waals surface area contributed by atoms with Crippen LogP contribution in [0.25, 0.3) is 64.0 Å². The molecule has 2 heteroatoms. The van der Waals surface area contributed by atoms with Crippen LogP contribution in [0.5, 0.6) is 0 Å². The van der Waals surface area contributed by atoms with E-state index in [1.54, 1.807) is 0 Å². The van der Waals surface area contributed by atoms with E-state index in [2.05, 4.69) is 183 Å². The quantitative estimate of drug-likeness (QED) is 0.184. The van der Waals surface area contributed by atoms with Crippen molar-refractivity contribution in [1.29, 1.82) is 0 Å². The fourth-order valence-electron chi connectivity index (χ4n) is 8.30. The lowest BCUT2D eigenvalue weighted by atomic mass is 9.82. The number of nitrogens with zero attached hydrogens (tertiary/aromatic N) is 1. The summed E-state index contributed by atoms with van der Waals surface area (Å²) in [5, 5.41) is 7.65. The van der Waals surface area contributed by atoms with E-state index in [0.29, 0.717) is 0 Å². The first kappa shape index (κ1) is 28.3. The molecule has 1 aromatic heterocycles. The summed E-state index contributed by atoms with van der Waals surface area (Å²) < 4.78 is 2.62. The molecule has 0 unspecified atom stereocenters. The van der Waals surface area contributed by atoms with Crippen molar-refractivity contribution in [2.24, 2.45) is 0 Å². The van der Waals surface area contributed by atoms with Crippen molar-refractivity contribution < 1.29 is 0 Å². The van der Waals surface area contributed by atoms with Crippen LogP contribution in [0.4, 0.5) is 17.1 Å². The fraction of sp³-hybridized carbons (Fsp3) is 0.0638. The lowest BCUT2D eigenvalue weighted by Crippen LogP contribution is -2.16. The molecule has 49 heavy (non-hydrogen) atoms. The van der Waals surface area contributed by atoms with Gasteiger partial charge in [-0.2, -0.15) is 0 Å². The largest absolute Gasteiger partial charge is 0.308 e. The monoisotopic (exact) mass is 643 g/mol. The maximum Gasteiger partial charge on any atom is 0.0718 e. The highest BCUT2D eigenvalue weighted by Crippen LogP contribution is 2.56. The van der Waals surface area contributed by atoms with Crippen LogP contribution in [0.15, 0.2) is 164 Å². The molecule has 1 aliphatic rings. The molecule has 1 nitrogen and oxygen atoms in total. The van der Waals surface area contributed by atoms with Gasteiger partial charge in [-0.05, 0) is 74.3 Å². The summed E-state index contributed by atoms with van der Waals surface area (Å²) >= 11 is 1.90. The van der Waals surface area contributed by atoms with Gasteiger partial charge in [-0.25, -0.2) is 0 Å². The van der Waals surface area contributed by atoms with Crippen LogP contribution in [0.2, 0.25) is 0 Å². The normalized spacial score (nSPS) is 13.3. The predicted molar refractivity (Wildman–Crippen MR) is 212 cm³/mol. The third-order valence-corrected chi connectivity index (χ3v) is 11.8. The van der Waals surface area contributed by atoms with Crippen molar-refractivity contribution >= 4 is 70.1 Å². The maximum absolute atomic E-state index is 2.56. The van der Waals surface area contributed by atoms with E-state index in [1.807, 2.05) is 11.3 Å². The van der Waals surface area contributed by atoms with Crippen molar-refractivity contribution in [2.75, 3.05) is 4.90 Å². The smallest absolute Gasteiger partial charge is 0.0718 e. The average Bonchev–Trinajstić information content (AvgIpc) is 3.63. The van der Waals surface area contributed by atoms with E-state index in [1.165, 1.54) is 86.5 Å².